The minimum Gasteiger partial charge on any atom is -0.490 e. The minimum atomic E-state index is -4.71. The van der Waals surface area contributed by atoms with Crippen LogP contribution in [0, 0.1) is 10.1 Å². The highest BCUT2D eigenvalue weighted by Gasteiger charge is 2.31. The van der Waals surface area contributed by atoms with E-state index in [0.717, 1.165) is 55.5 Å². The van der Waals surface area contributed by atoms with Crippen molar-refractivity contribution in [1.29, 1.82) is 0 Å². The lowest BCUT2D eigenvalue weighted by Gasteiger charge is -2.36. The Morgan fingerprint density at radius 2 is 1.56 bits per heavy atom. The summed E-state index contributed by atoms with van der Waals surface area (Å²) in [6, 6.07) is 21.9. The second-order valence-electron chi connectivity index (χ2n) is 11.4. The summed E-state index contributed by atoms with van der Waals surface area (Å²) in [6.07, 6.45) is 0.702. The number of imidazole rings is 1. The number of hydrogen-bond acceptors (Lipinski definition) is 9. The standard InChI is InChI=1S/C34H34F3N5O6/c35-34(36,37)48-30-11-3-25(4-12-30)2-1-21-45-28-9-5-26(6-10-28)22-39-17-19-40(20-18-39)27-7-13-29(14-8-27)46-24-31-15-16-41-23-32(42(43)44)38-33(41)47-31/h1-14,23,31H,15-22,24H2/t31-/m1/s1. The summed E-state index contributed by atoms with van der Waals surface area (Å²) >= 11 is 0. The molecule has 11 nitrogen and oxygen atoms in total. The van der Waals surface area contributed by atoms with Crippen LogP contribution in [0.25, 0.3) is 6.08 Å². The topological polar surface area (TPSA) is 104 Å². The molecule has 0 spiro atoms. The van der Waals surface area contributed by atoms with Crippen LogP contribution in [0.15, 0.2) is 85.1 Å². The van der Waals surface area contributed by atoms with Gasteiger partial charge in [-0.15, -0.1) is 13.2 Å². The maximum atomic E-state index is 12.3. The van der Waals surface area contributed by atoms with Gasteiger partial charge >= 0.3 is 18.2 Å². The Labute approximate surface area is 274 Å². The van der Waals surface area contributed by atoms with E-state index in [1.165, 1.54) is 23.9 Å². The number of hydrogen-bond donors (Lipinski definition) is 0. The van der Waals surface area contributed by atoms with E-state index >= 15 is 0 Å². The van der Waals surface area contributed by atoms with Crippen molar-refractivity contribution >= 4 is 17.6 Å². The zero-order valence-corrected chi connectivity index (χ0v) is 25.9. The van der Waals surface area contributed by atoms with E-state index < -0.39 is 11.3 Å². The van der Waals surface area contributed by atoms with Gasteiger partial charge in [0.1, 0.15) is 42.8 Å². The molecule has 0 saturated carbocycles. The van der Waals surface area contributed by atoms with E-state index in [9.17, 15) is 23.3 Å². The molecule has 3 aromatic carbocycles. The van der Waals surface area contributed by atoms with Gasteiger partial charge in [0.15, 0.2) is 0 Å². The third kappa shape index (κ3) is 8.97. The number of anilines is 1. The lowest BCUT2D eigenvalue weighted by atomic mass is 10.1. The van der Waals surface area contributed by atoms with Crippen LogP contribution < -0.4 is 23.8 Å². The molecule has 3 heterocycles. The van der Waals surface area contributed by atoms with Gasteiger partial charge in [-0.1, -0.05) is 30.3 Å². The number of halogens is 3. The van der Waals surface area contributed by atoms with Crippen LogP contribution in [-0.2, 0) is 13.1 Å². The molecule has 0 N–H and O–H groups in total. The first-order chi connectivity index (χ1) is 23.2. The number of piperazine rings is 1. The molecule has 1 aromatic heterocycles. The van der Waals surface area contributed by atoms with Gasteiger partial charge in [0.2, 0.25) is 0 Å². The molecule has 2 aliphatic rings. The van der Waals surface area contributed by atoms with Crippen molar-refractivity contribution in [1.82, 2.24) is 14.5 Å². The summed E-state index contributed by atoms with van der Waals surface area (Å²) in [5.74, 6) is 0.994. The molecule has 0 aliphatic carbocycles. The monoisotopic (exact) mass is 665 g/mol. The number of nitro groups is 1. The Balaban J connectivity index is 0.887. The fraction of sp³-hybridized carbons (Fsp3) is 0.324. The normalized spacial score (nSPS) is 16.7. The molecule has 6 rings (SSSR count). The SMILES string of the molecule is O=[N+]([O-])c1cn2c(n1)O[C@@H](COc1ccc(N3CCN(Cc4ccc(OCC=Cc5ccc(OC(F)(F)F)cc5)cc4)CC3)cc1)CC2. The quantitative estimate of drug-likeness (QED) is 0.127. The molecular formula is C34H34F3N5O6. The van der Waals surface area contributed by atoms with Crippen molar-refractivity contribution in [3.8, 4) is 23.3 Å². The van der Waals surface area contributed by atoms with E-state index in [1.54, 1.807) is 28.9 Å². The van der Waals surface area contributed by atoms with Crippen LogP contribution in [0.2, 0.25) is 0 Å². The van der Waals surface area contributed by atoms with Gasteiger partial charge in [-0.2, -0.15) is 0 Å². The van der Waals surface area contributed by atoms with Gasteiger partial charge < -0.3 is 34.0 Å². The molecular weight excluding hydrogens is 631 g/mol. The number of nitrogens with zero attached hydrogens (tertiary/aromatic N) is 5. The molecule has 1 atom stereocenters. The van der Waals surface area contributed by atoms with Crippen LogP contribution in [0.5, 0.6) is 23.3 Å². The summed E-state index contributed by atoms with van der Waals surface area (Å²) in [6.45, 7) is 5.74. The molecule has 0 bridgehead atoms. The Kier molecular flexibility index (Phi) is 9.99. The molecule has 1 fully saturated rings. The van der Waals surface area contributed by atoms with Gasteiger partial charge in [-0.25, -0.2) is 0 Å². The van der Waals surface area contributed by atoms with Crippen molar-refractivity contribution < 1.29 is 37.0 Å². The number of alkyl halides is 3. The summed E-state index contributed by atoms with van der Waals surface area (Å²) in [5, 5.41) is 11.0. The highest BCUT2D eigenvalue weighted by Crippen LogP contribution is 2.26. The molecule has 1 saturated heterocycles. The fourth-order valence-electron chi connectivity index (χ4n) is 5.50. The first-order valence-electron chi connectivity index (χ1n) is 15.5. The molecule has 0 radical (unpaired) electrons. The summed E-state index contributed by atoms with van der Waals surface area (Å²) in [4.78, 5) is 19.1. The first kappa shape index (κ1) is 32.7. The summed E-state index contributed by atoms with van der Waals surface area (Å²) in [5.41, 5.74) is 3.07. The predicted octanol–water partition coefficient (Wildman–Crippen LogP) is 6.33. The number of aromatic nitrogens is 2. The van der Waals surface area contributed by atoms with Crippen molar-refractivity contribution in [3.63, 3.8) is 0 Å². The lowest BCUT2D eigenvalue weighted by molar-refractivity contribution is -0.389. The lowest BCUT2D eigenvalue weighted by Crippen LogP contribution is -2.45. The van der Waals surface area contributed by atoms with Gasteiger partial charge in [-0.3, -0.25) is 9.47 Å². The van der Waals surface area contributed by atoms with E-state index in [4.69, 9.17) is 14.2 Å². The zero-order chi connectivity index (χ0) is 33.5. The Bertz CT molecular complexity index is 1690. The number of ether oxygens (including phenoxy) is 4. The molecule has 4 aromatic rings. The Morgan fingerprint density at radius 3 is 2.25 bits per heavy atom. The van der Waals surface area contributed by atoms with Crippen LogP contribution in [0.1, 0.15) is 17.5 Å². The number of aryl methyl sites for hydroxylation is 1. The van der Waals surface area contributed by atoms with E-state index in [-0.39, 0.29) is 23.7 Å². The van der Waals surface area contributed by atoms with Crippen molar-refractivity contribution in [2.24, 2.45) is 0 Å². The predicted molar refractivity (Wildman–Crippen MR) is 171 cm³/mol. The molecule has 14 heteroatoms. The molecule has 48 heavy (non-hydrogen) atoms. The van der Waals surface area contributed by atoms with E-state index in [2.05, 4.69) is 43.8 Å². The van der Waals surface area contributed by atoms with Crippen molar-refractivity contribution in [3.05, 3.63) is 106 Å². The highest BCUT2D eigenvalue weighted by atomic mass is 19.4. The van der Waals surface area contributed by atoms with Crippen molar-refractivity contribution in [2.45, 2.75) is 32.0 Å². The minimum absolute atomic E-state index is 0.219. The van der Waals surface area contributed by atoms with Crippen LogP contribution in [0.3, 0.4) is 0 Å². The van der Waals surface area contributed by atoms with Crippen LogP contribution in [0.4, 0.5) is 24.7 Å². The zero-order valence-electron chi connectivity index (χ0n) is 25.9. The van der Waals surface area contributed by atoms with E-state index in [0.29, 0.717) is 26.2 Å². The summed E-state index contributed by atoms with van der Waals surface area (Å²) < 4.78 is 59.9. The van der Waals surface area contributed by atoms with Gasteiger partial charge in [0.25, 0.3) is 0 Å². The van der Waals surface area contributed by atoms with Crippen molar-refractivity contribution in [2.75, 3.05) is 44.3 Å². The number of benzene rings is 3. The Hall–Kier alpha value is -5.24. The number of fused-ring (bicyclic) bond motifs is 1. The molecule has 252 valence electrons. The highest BCUT2D eigenvalue weighted by molar-refractivity contribution is 5.51. The third-order valence-corrected chi connectivity index (χ3v) is 7.99. The van der Waals surface area contributed by atoms with Gasteiger partial charge in [0.05, 0.1) is 0 Å². The molecule has 0 unspecified atom stereocenters. The molecule has 2 aliphatic heterocycles. The average Bonchev–Trinajstić information content (AvgIpc) is 3.51. The second kappa shape index (κ2) is 14.7. The maximum absolute atomic E-state index is 12.3. The third-order valence-electron chi connectivity index (χ3n) is 7.99. The smallest absolute Gasteiger partial charge is 0.490 e. The Morgan fingerprint density at radius 1 is 0.896 bits per heavy atom. The summed E-state index contributed by atoms with van der Waals surface area (Å²) in [7, 11) is 0. The largest absolute Gasteiger partial charge is 0.573 e. The maximum Gasteiger partial charge on any atom is 0.573 e. The number of rotatable bonds is 12. The van der Waals surface area contributed by atoms with Gasteiger partial charge in [-0.05, 0) is 70.7 Å². The first-order valence-corrected chi connectivity index (χ1v) is 15.5. The fourth-order valence-corrected chi connectivity index (χ4v) is 5.50. The molecule has 0 amide bonds. The average molecular weight is 666 g/mol. The van der Waals surface area contributed by atoms with Gasteiger partial charge in [0, 0.05) is 56.4 Å². The van der Waals surface area contributed by atoms with Crippen LogP contribution in [-0.4, -0.2) is 71.2 Å². The van der Waals surface area contributed by atoms with Crippen LogP contribution >= 0.6 is 0 Å². The second-order valence-corrected chi connectivity index (χ2v) is 11.4. The van der Waals surface area contributed by atoms with E-state index in [1.807, 2.05) is 24.3 Å².